The van der Waals surface area contributed by atoms with E-state index in [1.54, 1.807) is 6.20 Å². The molecule has 0 unspecified atom stereocenters. The fourth-order valence-corrected chi connectivity index (χ4v) is 2.58. The highest BCUT2D eigenvalue weighted by Gasteiger charge is 2.08. The van der Waals surface area contributed by atoms with Crippen LogP contribution in [0.15, 0.2) is 36.7 Å². The molecule has 0 fully saturated rings. The summed E-state index contributed by atoms with van der Waals surface area (Å²) in [5.41, 5.74) is 2.02. The molecule has 6 heteroatoms. The lowest BCUT2D eigenvalue weighted by Gasteiger charge is -2.06. The quantitative estimate of drug-likeness (QED) is 0.734. The van der Waals surface area contributed by atoms with Gasteiger partial charge in [0.1, 0.15) is 11.3 Å². The molecule has 0 amide bonds. The highest BCUT2D eigenvalue weighted by molar-refractivity contribution is 7.71. The van der Waals surface area contributed by atoms with Gasteiger partial charge < -0.3 is 14.3 Å². The molecule has 104 valence electrons. The number of hydrogen-bond acceptors (Lipinski definition) is 3. The molecular formula is C14H16N4OS. The Morgan fingerprint density at radius 3 is 2.95 bits per heavy atom. The van der Waals surface area contributed by atoms with E-state index >= 15 is 0 Å². The van der Waals surface area contributed by atoms with Crippen LogP contribution in [0.2, 0.25) is 0 Å². The summed E-state index contributed by atoms with van der Waals surface area (Å²) >= 11 is 5.41. The second-order valence-corrected chi connectivity index (χ2v) is 4.82. The first kappa shape index (κ1) is 12.9. The summed E-state index contributed by atoms with van der Waals surface area (Å²) in [7, 11) is 0. The maximum atomic E-state index is 5.63. The van der Waals surface area contributed by atoms with E-state index in [1.165, 1.54) is 0 Å². The van der Waals surface area contributed by atoms with E-state index in [4.69, 9.17) is 17.0 Å². The molecule has 0 radical (unpaired) electrons. The van der Waals surface area contributed by atoms with Gasteiger partial charge in [0, 0.05) is 18.9 Å². The number of imidazole rings is 1. The number of ether oxygens (including phenoxy) is 1. The topological polar surface area (TPSA) is 47.8 Å². The molecule has 1 N–H and O–H groups in total. The minimum Gasteiger partial charge on any atom is -0.492 e. The van der Waals surface area contributed by atoms with Crippen LogP contribution in [0.1, 0.15) is 6.92 Å². The van der Waals surface area contributed by atoms with Crippen LogP contribution in [0, 0.1) is 4.77 Å². The highest BCUT2D eigenvalue weighted by atomic mass is 32.1. The molecule has 0 saturated heterocycles. The van der Waals surface area contributed by atoms with E-state index in [0.717, 1.165) is 29.9 Å². The van der Waals surface area contributed by atoms with Gasteiger partial charge in [0.15, 0.2) is 4.77 Å². The van der Waals surface area contributed by atoms with Crippen molar-refractivity contribution in [2.45, 2.75) is 20.0 Å². The van der Waals surface area contributed by atoms with E-state index < -0.39 is 0 Å². The van der Waals surface area contributed by atoms with Crippen LogP contribution in [0.3, 0.4) is 0 Å². The number of nitrogens with one attached hydrogen (secondary N) is 1. The van der Waals surface area contributed by atoms with Crippen molar-refractivity contribution in [3.63, 3.8) is 0 Å². The van der Waals surface area contributed by atoms with E-state index in [-0.39, 0.29) is 0 Å². The first-order chi connectivity index (χ1) is 9.79. The third-order valence-electron chi connectivity index (χ3n) is 3.18. The first-order valence-electron chi connectivity index (χ1n) is 6.61. The Morgan fingerprint density at radius 2 is 2.20 bits per heavy atom. The first-order valence-corrected chi connectivity index (χ1v) is 7.02. The van der Waals surface area contributed by atoms with Gasteiger partial charge in [0.05, 0.1) is 18.7 Å². The van der Waals surface area contributed by atoms with E-state index in [9.17, 15) is 0 Å². The Kier molecular flexibility index (Phi) is 3.56. The third-order valence-corrected chi connectivity index (χ3v) is 3.51. The van der Waals surface area contributed by atoms with Gasteiger partial charge in [0.2, 0.25) is 0 Å². The third kappa shape index (κ3) is 2.34. The van der Waals surface area contributed by atoms with Crippen molar-refractivity contribution < 1.29 is 4.74 Å². The monoisotopic (exact) mass is 288 g/mol. The molecule has 3 rings (SSSR count). The second kappa shape index (κ2) is 5.50. The lowest BCUT2D eigenvalue weighted by molar-refractivity contribution is 0.343. The molecule has 20 heavy (non-hydrogen) atoms. The van der Waals surface area contributed by atoms with Crippen LogP contribution in [0.25, 0.3) is 11.0 Å². The maximum absolute atomic E-state index is 5.63. The number of hydrogen-bond donors (Lipinski definition) is 1. The Labute approximate surface area is 121 Å². The number of H-pyrrole nitrogens is 1. The lowest BCUT2D eigenvalue weighted by atomic mass is 10.3. The van der Waals surface area contributed by atoms with Crippen LogP contribution in [-0.2, 0) is 13.1 Å². The Bertz CT molecular complexity index is 757. The van der Waals surface area contributed by atoms with Gasteiger partial charge in [-0.15, -0.1) is 0 Å². The molecule has 0 saturated carbocycles. The summed E-state index contributed by atoms with van der Waals surface area (Å²) in [6.07, 6.45) is 3.73. The molecule has 0 atom stereocenters. The minimum atomic E-state index is 0.637. The maximum Gasteiger partial charge on any atom is 0.178 e. The van der Waals surface area contributed by atoms with E-state index in [2.05, 4.69) is 14.6 Å². The Hall–Kier alpha value is -2.08. The van der Waals surface area contributed by atoms with Crippen LogP contribution in [0.5, 0.6) is 5.75 Å². The number of para-hydroxylation sites is 1. The number of fused-ring (bicyclic) bond motifs is 1. The summed E-state index contributed by atoms with van der Waals surface area (Å²) in [6, 6.07) is 7.91. The van der Waals surface area contributed by atoms with Crippen molar-refractivity contribution in [1.82, 2.24) is 19.3 Å². The van der Waals surface area contributed by atoms with Gasteiger partial charge in [-0.25, -0.2) is 0 Å². The highest BCUT2D eigenvalue weighted by Crippen LogP contribution is 2.24. The summed E-state index contributed by atoms with van der Waals surface area (Å²) < 4.78 is 10.3. The summed E-state index contributed by atoms with van der Waals surface area (Å²) in [6.45, 7) is 4.17. The lowest BCUT2D eigenvalue weighted by Crippen LogP contribution is -2.07. The largest absolute Gasteiger partial charge is 0.492 e. The molecule has 5 nitrogen and oxygen atoms in total. The molecule has 0 aliphatic rings. The zero-order valence-electron chi connectivity index (χ0n) is 11.2. The smallest absolute Gasteiger partial charge is 0.178 e. The molecule has 2 aromatic heterocycles. The summed E-state index contributed by atoms with van der Waals surface area (Å²) in [5, 5.41) is 4.21. The number of aryl methyl sites for hydroxylation is 2. The molecule has 0 aliphatic heterocycles. The van der Waals surface area contributed by atoms with Crippen molar-refractivity contribution in [3.8, 4) is 5.75 Å². The van der Waals surface area contributed by atoms with Gasteiger partial charge in [-0.3, -0.25) is 4.68 Å². The molecule has 0 aliphatic carbocycles. The fourth-order valence-electron chi connectivity index (χ4n) is 2.29. The zero-order chi connectivity index (χ0) is 13.9. The van der Waals surface area contributed by atoms with Crippen LogP contribution in [-0.4, -0.2) is 25.9 Å². The minimum absolute atomic E-state index is 0.637. The zero-order valence-corrected chi connectivity index (χ0v) is 12.1. The normalized spacial score (nSPS) is 11.1. The molecule has 0 bridgehead atoms. The van der Waals surface area contributed by atoms with E-state index in [1.807, 2.05) is 42.1 Å². The predicted octanol–water partition coefficient (Wildman–Crippen LogP) is 2.99. The summed E-state index contributed by atoms with van der Waals surface area (Å²) in [5.74, 6) is 0.842. The van der Waals surface area contributed by atoms with Crippen molar-refractivity contribution in [1.29, 1.82) is 0 Å². The molecule has 3 aromatic rings. The summed E-state index contributed by atoms with van der Waals surface area (Å²) in [4.78, 5) is 3.23. The number of nitrogens with zero attached hydrogens (tertiary/aromatic N) is 3. The van der Waals surface area contributed by atoms with E-state index in [0.29, 0.717) is 11.4 Å². The Morgan fingerprint density at radius 1 is 1.30 bits per heavy atom. The van der Waals surface area contributed by atoms with Gasteiger partial charge in [-0.1, -0.05) is 6.07 Å². The number of benzene rings is 1. The van der Waals surface area contributed by atoms with Crippen LogP contribution < -0.4 is 4.74 Å². The molecule has 2 heterocycles. The van der Waals surface area contributed by atoms with Crippen LogP contribution >= 0.6 is 12.2 Å². The Balaban J connectivity index is 1.96. The molecular weight excluding hydrogens is 272 g/mol. The second-order valence-electron chi connectivity index (χ2n) is 4.43. The van der Waals surface area contributed by atoms with Gasteiger partial charge in [-0.05, 0) is 37.3 Å². The SMILES string of the molecule is CCOc1cccc2c1[nH]c(=S)n2CCn1cccn1. The van der Waals surface area contributed by atoms with Gasteiger partial charge in [-0.2, -0.15) is 5.10 Å². The fraction of sp³-hybridized carbons (Fsp3) is 0.286. The molecule has 1 aromatic carbocycles. The molecule has 0 spiro atoms. The van der Waals surface area contributed by atoms with Crippen molar-refractivity contribution >= 4 is 23.3 Å². The number of aromatic nitrogens is 4. The average molecular weight is 288 g/mol. The van der Waals surface area contributed by atoms with Gasteiger partial charge in [0.25, 0.3) is 0 Å². The van der Waals surface area contributed by atoms with Crippen LogP contribution in [0.4, 0.5) is 0 Å². The van der Waals surface area contributed by atoms with Crippen molar-refractivity contribution in [2.75, 3.05) is 6.61 Å². The number of aromatic amines is 1. The van der Waals surface area contributed by atoms with Crippen molar-refractivity contribution in [3.05, 3.63) is 41.4 Å². The number of rotatable bonds is 5. The van der Waals surface area contributed by atoms with Crippen molar-refractivity contribution in [2.24, 2.45) is 0 Å². The average Bonchev–Trinajstić information content (AvgIpc) is 3.05. The predicted molar refractivity (Wildman–Crippen MR) is 80.5 cm³/mol. The van der Waals surface area contributed by atoms with Gasteiger partial charge >= 0.3 is 0 Å². The standard InChI is InChI=1S/C14H16N4OS/c1-2-19-12-6-3-5-11-13(12)16-14(20)18(11)10-9-17-8-4-7-15-17/h3-8H,2,9-10H2,1H3,(H,16,20).